The lowest BCUT2D eigenvalue weighted by atomic mass is 10.0. The summed E-state index contributed by atoms with van der Waals surface area (Å²) in [4.78, 5) is 14.1. The standard InChI is InChI=1S/C18H19BrN2O2/c19-16-5-7-17(8-6-16)23-12-10-20-18(22)21-11-9-14-3-1-2-4-15(14)13-21/h1-8H,9-13H2,(H,20,22). The van der Waals surface area contributed by atoms with Crippen molar-refractivity contribution in [3.05, 3.63) is 64.1 Å². The van der Waals surface area contributed by atoms with Crippen LogP contribution in [0.4, 0.5) is 4.79 Å². The van der Waals surface area contributed by atoms with Crippen molar-refractivity contribution in [1.82, 2.24) is 10.2 Å². The van der Waals surface area contributed by atoms with E-state index in [1.165, 1.54) is 11.1 Å². The number of nitrogens with one attached hydrogen (secondary N) is 1. The Morgan fingerprint density at radius 2 is 1.87 bits per heavy atom. The molecule has 3 rings (SSSR count). The minimum atomic E-state index is -0.0288. The third-order valence-electron chi connectivity index (χ3n) is 3.88. The lowest BCUT2D eigenvalue weighted by Crippen LogP contribution is -2.43. The van der Waals surface area contributed by atoms with Gasteiger partial charge in [-0.2, -0.15) is 0 Å². The van der Waals surface area contributed by atoms with Crippen LogP contribution >= 0.6 is 15.9 Å². The number of nitrogens with zero attached hydrogens (tertiary/aromatic N) is 1. The molecule has 2 aromatic carbocycles. The maximum Gasteiger partial charge on any atom is 0.317 e. The van der Waals surface area contributed by atoms with Crippen LogP contribution in [0.15, 0.2) is 53.0 Å². The van der Waals surface area contributed by atoms with E-state index < -0.39 is 0 Å². The van der Waals surface area contributed by atoms with Crippen LogP contribution in [-0.4, -0.2) is 30.6 Å². The third kappa shape index (κ3) is 4.26. The number of carbonyl (C=O) groups excluding carboxylic acids is 1. The van der Waals surface area contributed by atoms with Crippen LogP contribution in [0.5, 0.6) is 5.75 Å². The molecule has 1 heterocycles. The summed E-state index contributed by atoms with van der Waals surface area (Å²) in [5.74, 6) is 0.800. The molecule has 1 aliphatic rings. The van der Waals surface area contributed by atoms with Crippen molar-refractivity contribution in [2.24, 2.45) is 0 Å². The Morgan fingerprint density at radius 3 is 2.65 bits per heavy atom. The minimum Gasteiger partial charge on any atom is -0.492 e. The quantitative estimate of drug-likeness (QED) is 0.830. The monoisotopic (exact) mass is 374 g/mol. The highest BCUT2D eigenvalue weighted by Gasteiger charge is 2.19. The molecular formula is C18H19BrN2O2. The maximum atomic E-state index is 12.2. The normalized spacial score (nSPS) is 13.3. The van der Waals surface area contributed by atoms with Gasteiger partial charge < -0.3 is 15.0 Å². The predicted molar refractivity (Wildman–Crippen MR) is 93.6 cm³/mol. The number of amides is 2. The van der Waals surface area contributed by atoms with Gasteiger partial charge in [0.2, 0.25) is 0 Å². The van der Waals surface area contributed by atoms with Crippen molar-refractivity contribution in [2.45, 2.75) is 13.0 Å². The summed E-state index contributed by atoms with van der Waals surface area (Å²) in [6, 6.07) is 15.9. The summed E-state index contributed by atoms with van der Waals surface area (Å²) in [6.45, 7) is 2.39. The SMILES string of the molecule is O=C(NCCOc1ccc(Br)cc1)N1CCc2ccccc2C1. The fourth-order valence-corrected chi connectivity index (χ4v) is 2.90. The molecule has 0 saturated heterocycles. The zero-order valence-electron chi connectivity index (χ0n) is 12.8. The van der Waals surface area contributed by atoms with E-state index in [9.17, 15) is 4.79 Å². The number of rotatable bonds is 4. The second kappa shape index (κ2) is 7.51. The second-order valence-electron chi connectivity index (χ2n) is 5.47. The second-order valence-corrected chi connectivity index (χ2v) is 6.39. The summed E-state index contributed by atoms with van der Waals surface area (Å²) in [7, 11) is 0. The number of carbonyl (C=O) groups is 1. The average Bonchev–Trinajstić information content (AvgIpc) is 2.59. The molecule has 2 aromatic rings. The van der Waals surface area contributed by atoms with Gasteiger partial charge in [-0.1, -0.05) is 40.2 Å². The Hall–Kier alpha value is -2.01. The molecule has 1 N–H and O–H groups in total. The molecule has 0 spiro atoms. The number of hydrogen-bond acceptors (Lipinski definition) is 2. The number of benzene rings is 2. The summed E-state index contributed by atoms with van der Waals surface area (Å²) in [5.41, 5.74) is 2.58. The van der Waals surface area contributed by atoms with Gasteiger partial charge in [0.1, 0.15) is 12.4 Å². The number of urea groups is 1. The molecule has 5 heteroatoms. The number of fused-ring (bicyclic) bond motifs is 1. The molecular weight excluding hydrogens is 356 g/mol. The first-order valence-corrected chi connectivity index (χ1v) is 8.49. The van der Waals surface area contributed by atoms with Crippen LogP contribution in [-0.2, 0) is 13.0 Å². The fourth-order valence-electron chi connectivity index (χ4n) is 2.64. The van der Waals surface area contributed by atoms with E-state index in [0.717, 1.165) is 23.2 Å². The van der Waals surface area contributed by atoms with Crippen molar-refractivity contribution in [3.8, 4) is 5.75 Å². The van der Waals surface area contributed by atoms with Crippen LogP contribution in [0.2, 0.25) is 0 Å². The number of halogens is 1. The van der Waals surface area contributed by atoms with Crippen molar-refractivity contribution >= 4 is 22.0 Å². The summed E-state index contributed by atoms with van der Waals surface area (Å²) < 4.78 is 6.62. The van der Waals surface area contributed by atoms with Gasteiger partial charge in [0.25, 0.3) is 0 Å². The molecule has 0 bridgehead atoms. The van der Waals surface area contributed by atoms with Gasteiger partial charge in [0.05, 0.1) is 6.54 Å². The zero-order chi connectivity index (χ0) is 16.1. The van der Waals surface area contributed by atoms with E-state index in [1.807, 2.05) is 41.3 Å². The number of ether oxygens (including phenoxy) is 1. The van der Waals surface area contributed by atoms with Crippen molar-refractivity contribution in [1.29, 1.82) is 0 Å². The van der Waals surface area contributed by atoms with E-state index >= 15 is 0 Å². The van der Waals surface area contributed by atoms with Gasteiger partial charge >= 0.3 is 6.03 Å². The smallest absolute Gasteiger partial charge is 0.317 e. The molecule has 0 atom stereocenters. The van der Waals surface area contributed by atoms with Crippen molar-refractivity contribution < 1.29 is 9.53 Å². The average molecular weight is 375 g/mol. The van der Waals surface area contributed by atoms with Crippen LogP contribution in [0.25, 0.3) is 0 Å². The van der Waals surface area contributed by atoms with E-state index in [0.29, 0.717) is 19.7 Å². The fraction of sp³-hybridized carbons (Fsp3) is 0.278. The van der Waals surface area contributed by atoms with Crippen LogP contribution in [0.1, 0.15) is 11.1 Å². The molecule has 0 aliphatic carbocycles. The Kier molecular flexibility index (Phi) is 5.18. The predicted octanol–water partition coefficient (Wildman–Crippen LogP) is 3.60. The van der Waals surface area contributed by atoms with Gasteiger partial charge in [-0.25, -0.2) is 4.79 Å². The molecule has 0 saturated carbocycles. The number of hydrogen-bond donors (Lipinski definition) is 1. The third-order valence-corrected chi connectivity index (χ3v) is 4.41. The molecule has 0 radical (unpaired) electrons. The molecule has 0 aromatic heterocycles. The molecule has 1 aliphatic heterocycles. The molecule has 4 nitrogen and oxygen atoms in total. The van der Waals surface area contributed by atoms with Gasteiger partial charge in [-0.3, -0.25) is 0 Å². The molecule has 2 amide bonds. The van der Waals surface area contributed by atoms with Crippen LogP contribution in [0.3, 0.4) is 0 Å². The minimum absolute atomic E-state index is 0.0288. The first kappa shape index (κ1) is 15.9. The molecule has 120 valence electrons. The highest BCUT2D eigenvalue weighted by Crippen LogP contribution is 2.18. The van der Waals surface area contributed by atoms with Crippen molar-refractivity contribution in [3.63, 3.8) is 0 Å². The zero-order valence-corrected chi connectivity index (χ0v) is 14.4. The first-order chi connectivity index (χ1) is 11.2. The highest BCUT2D eigenvalue weighted by molar-refractivity contribution is 9.10. The Balaban J connectivity index is 1.42. The Labute approximate surface area is 144 Å². The lowest BCUT2D eigenvalue weighted by molar-refractivity contribution is 0.189. The van der Waals surface area contributed by atoms with Gasteiger partial charge in [-0.15, -0.1) is 0 Å². The topological polar surface area (TPSA) is 41.6 Å². The Morgan fingerprint density at radius 1 is 1.13 bits per heavy atom. The maximum absolute atomic E-state index is 12.2. The summed E-state index contributed by atoms with van der Waals surface area (Å²) in [6.07, 6.45) is 0.916. The van der Waals surface area contributed by atoms with E-state index in [4.69, 9.17) is 4.74 Å². The van der Waals surface area contributed by atoms with Crippen LogP contribution < -0.4 is 10.1 Å². The van der Waals surface area contributed by atoms with Gasteiger partial charge in [-0.05, 0) is 41.8 Å². The summed E-state index contributed by atoms with van der Waals surface area (Å²) >= 11 is 3.38. The largest absolute Gasteiger partial charge is 0.492 e. The Bertz CT molecular complexity index is 673. The van der Waals surface area contributed by atoms with Gasteiger partial charge in [0, 0.05) is 17.6 Å². The van der Waals surface area contributed by atoms with Crippen molar-refractivity contribution in [2.75, 3.05) is 19.7 Å². The summed E-state index contributed by atoms with van der Waals surface area (Å²) in [5, 5.41) is 2.92. The van der Waals surface area contributed by atoms with E-state index in [-0.39, 0.29) is 6.03 Å². The lowest BCUT2D eigenvalue weighted by Gasteiger charge is -2.28. The molecule has 0 fully saturated rings. The van der Waals surface area contributed by atoms with Crippen LogP contribution in [0, 0.1) is 0 Å². The molecule has 0 unspecified atom stereocenters. The molecule has 23 heavy (non-hydrogen) atoms. The van der Waals surface area contributed by atoms with E-state index in [2.05, 4.69) is 33.4 Å². The highest BCUT2D eigenvalue weighted by atomic mass is 79.9. The first-order valence-electron chi connectivity index (χ1n) is 7.70. The van der Waals surface area contributed by atoms with Gasteiger partial charge in [0.15, 0.2) is 0 Å². The van der Waals surface area contributed by atoms with E-state index in [1.54, 1.807) is 0 Å².